The van der Waals surface area contributed by atoms with Crippen molar-refractivity contribution < 1.29 is 13.9 Å². The van der Waals surface area contributed by atoms with Crippen LogP contribution in [0.5, 0.6) is 11.5 Å². The first kappa shape index (κ1) is 12.0. The molecular formula is C16H15FO2. The summed E-state index contributed by atoms with van der Waals surface area (Å²) in [7, 11) is 0. The summed E-state index contributed by atoms with van der Waals surface area (Å²) in [6, 6.07) is 14.5. The lowest BCUT2D eigenvalue weighted by atomic mass is 9.94. The maximum atomic E-state index is 13.5. The molecule has 1 atom stereocenters. The predicted octanol–water partition coefficient (Wildman–Crippen LogP) is 3.77. The van der Waals surface area contributed by atoms with E-state index in [0.717, 1.165) is 17.7 Å². The summed E-state index contributed by atoms with van der Waals surface area (Å²) < 4.78 is 24.7. The zero-order chi connectivity index (χ0) is 13.1. The molecule has 0 aliphatic carbocycles. The van der Waals surface area contributed by atoms with Crippen molar-refractivity contribution in [3.05, 3.63) is 59.9 Å². The number of hydrogen-bond donors (Lipinski definition) is 0. The van der Waals surface area contributed by atoms with Crippen molar-refractivity contribution in [1.29, 1.82) is 0 Å². The van der Waals surface area contributed by atoms with Gasteiger partial charge in [-0.3, -0.25) is 0 Å². The fraction of sp³-hybridized carbons (Fsp3) is 0.250. The SMILES string of the molecule is Fc1ccccc1OCC1CCOc2ccccc21. The molecule has 0 radical (unpaired) electrons. The summed E-state index contributed by atoms with van der Waals surface area (Å²) in [4.78, 5) is 0. The lowest BCUT2D eigenvalue weighted by Gasteiger charge is -2.25. The smallest absolute Gasteiger partial charge is 0.165 e. The predicted molar refractivity (Wildman–Crippen MR) is 71.2 cm³/mol. The molecule has 0 saturated heterocycles. The lowest BCUT2D eigenvalue weighted by molar-refractivity contribution is 0.213. The van der Waals surface area contributed by atoms with Crippen LogP contribution >= 0.6 is 0 Å². The quantitative estimate of drug-likeness (QED) is 0.834. The first-order chi connectivity index (χ1) is 9.34. The summed E-state index contributed by atoms with van der Waals surface area (Å²) in [6.45, 7) is 1.16. The molecule has 1 aliphatic rings. The minimum atomic E-state index is -0.317. The number of halogens is 1. The number of ether oxygens (including phenoxy) is 2. The van der Waals surface area contributed by atoms with Crippen LogP contribution in [0.4, 0.5) is 4.39 Å². The molecule has 1 heterocycles. The van der Waals surface area contributed by atoms with E-state index in [0.29, 0.717) is 19.0 Å². The molecule has 0 aromatic heterocycles. The molecular weight excluding hydrogens is 243 g/mol. The van der Waals surface area contributed by atoms with Crippen LogP contribution in [0.25, 0.3) is 0 Å². The Hall–Kier alpha value is -2.03. The van der Waals surface area contributed by atoms with Crippen molar-refractivity contribution >= 4 is 0 Å². The van der Waals surface area contributed by atoms with Crippen molar-refractivity contribution in [3.63, 3.8) is 0 Å². The third kappa shape index (κ3) is 2.55. The maximum absolute atomic E-state index is 13.5. The van der Waals surface area contributed by atoms with Crippen LogP contribution in [0, 0.1) is 5.82 Å². The summed E-state index contributed by atoms with van der Waals surface area (Å²) in [5.41, 5.74) is 1.14. The minimum Gasteiger partial charge on any atom is -0.493 e. The molecule has 2 aromatic carbocycles. The van der Waals surface area contributed by atoms with Gasteiger partial charge in [0.2, 0.25) is 0 Å². The van der Waals surface area contributed by atoms with Gasteiger partial charge in [-0.1, -0.05) is 30.3 Å². The third-order valence-corrected chi connectivity index (χ3v) is 3.36. The Labute approximate surface area is 111 Å². The van der Waals surface area contributed by atoms with Gasteiger partial charge in [0, 0.05) is 11.5 Å². The highest BCUT2D eigenvalue weighted by Gasteiger charge is 2.21. The van der Waals surface area contributed by atoms with Crippen LogP contribution in [-0.2, 0) is 0 Å². The van der Waals surface area contributed by atoms with Gasteiger partial charge in [-0.15, -0.1) is 0 Å². The van der Waals surface area contributed by atoms with Crippen molar-refractivity contribution in [2.24, 2.45) is 0 Å². The van der Waals surface area contributed by atoms with Crippen LogP contribution in [0.1, 0.15) is 17.9 Å². The zero-order valence-electron chi connectivity index (χ0n) is 10.5. The van der Waals surface area contributed by atoms with E-state index in [2.05, 4.69) is 0 Å². The molecule has 2 nitrogen and oxygen atoms in total. The Morgan fingerprint density at radius 1 is 1.11 bits per heavy atom. The molecule has 19 heavy (non-hydrogen) atoms. The van der Waals surface area contributed by atoms with E-state index in [1.807, 2.05) is 24.3 Å². The average Bonchev–Trinajstić information content (AvgIpc) is 2.46. The van der Waals surface area contributed by atoms with Gasteiger partial charge < -0.3 is 9.47 Å². The van der Waals surface area contributed by atoms with E-state index < -0.39 is 0 Å². The average molecular weight is 258 g/mol. The van der Waals surface area contributed by atoms with Gasteiger partial charge in [-0.05, 0) is 24.6 Å². The second-order valence-electron chi connectivity index (χ2n) is 4.61. The fourth-order valence-electron chi connectivity index (χ4n) is 2.34. The lowest BCUT2D eigenvalue weighted by Crippen LogP contribution is -2.19. The van der Waals surface area contributed by atoms with Crippen LogP contribution in [0.3, 0.4) is 0 Å². The van der Waals surface area contributed by atoms with E-state index in [-0.39, 0.29) is 11.7 Å². The van der Waals surface area contributed by atoms with E-state index in [4.69, 9.17) is 9.47 Å². The summed E-state index contributed by atoms with van der Waals surface area (Å²) in [5.74, 6) is 1.16. The Morgan fingerprint density at radius 3 is 2.79 bits per heavy atom. The van der Waals surface area contributed by atoms with Crippen molar-refractivity contribution in [2.75, 3.05) is 13.2 Å². The molecule has 3 heteroatoms. The van der Waals surface area contributed by atoms with E-state index >= 15 is 0 Å². The van der Waals surface area contributed by atoms with Crippen LogP contribution < -0.4 is 9.47 Å². The Morgan fingerprint density at radius 2 is 1.89 bits per heavy atom. The number of hydrogen-bond acceptors (Lipinski definition) is 2. The van der Waals surface area contributed by atoms with E-state index in [1.54, 1.807) is 18.2 Å². The molecule has 1 aliphatic heterocycles. The molecule has 0 bridgehead atoms. The molecule has 0 fully saturated rings. The fourth-order valence-corrected chi connectivity index (χ4v) is 2.34. The van der Waals surface area contributed by atoms with Gasteiger partial charge in [0.1, 0.15) is 5.75 Å². The van der Waals surface area contributed by atoms with Crippen molar-refractivity contribution in [1.82, 2.24) is 0 Å². The largest absolute Gasteiger partial charge is 0.493 e. The van der Waals surface area contributed by atoms with Crippen LogP contribution in [-0.4, -0.2) is 13.2 Å². The second kappa shape index (κ2) is 5.31. The Kier molecular flexibility index (Phi) is 3.36. The molecule has 98 valence electrons. The summed E-state index contributed by atoms with van der Waals surface area (Å²) >= 11 is 0. The molecule has 2 aromatic rings. The molecule has 0 saturated carbocycles. The number of benzene rings is 2. The number of para-hydroxylation sites is 2. The van der Waals surface area contributed by atoms with Gasteiger partial charge in [0.05, 0.1) is 13.2 Å². The van der Waals surface area contributed by atoms with Crippen LogP contribution in [0.2, 0.25) is 0 Å². The monoisotopic (exact) mass is 258 g/mol. The normalized spacial score (nSPS) is 17.4. The van der Waals surface area contributed by atoms with E-state index in [1.165, 1.54) is 6.07 Å². The highest BCUT2D eigenvalue weighted by atomic mass is 19.1. The standard InChI is InChI=1S/C16H15FO2/c17-14-6-2-4-8-16(14)19-11-12-9-10-18-15-7-3-1-5-13(12)15/h1-8,12H,9-11H2. The first-order valence-electron chi connectivity index (χ1n) is 6.43. The zero-order valence-corrected chi connectivity index (χ0v) is 10.5. The molecule has 1 unspecified atom stereocenters. The third-order valence-electron chi connectivity index (χ3n) is 3.36. The van der Waals surface area contributed by atoms with Gasteiger partial charge in [-0.2, -0.15) is 0 Å². The van der Waals surface area contributed by atoms with Crippen molar-refractivity contribution in [3.8, 4) is 11.5 Å². The molecule has 0 spiro atoms. The summed E-state index contributed by atoms with van der Waals surface area (Å²) in [5, 5.41) is 0. The second-order valence-corrected chi connectivity index (χ2v) is 4.61. The van der Waals surface area contributed by atoms with Gasteiger partial charge >= 0.3 is 0 Å². The molecule has 0 amide bonds. The van der Waals surface area contributed by atoms with E-state index in [9.17, 15) is 4.39 Å². The minimum absolute atomic E-state index is 0.254. The Bertz CT molecular complexity index is 568. The van der Waals surface area contributed by atoms with Gasteiger partial charge in [-0.25, -0.2) is 4.39 Å². The molecule has 0 N–H and O–H groups in total. The number of fused-ring (bicyclic) bond motifs is 1. The first-order valence-corrected chi connectivity index (χ1v) is 6.43. The maximum Gasteiger partial charge on any atom is 0.165 e. The summed E-state index contributed by atoms with van der Waals surface area (Å²) in [6.07, 6.45) is 0.894. The Balaban J connectivity index is 1.73. The highest BCUT2D eigenvalue weighted by molar-refractivity contribution is 5.38. The highest BCUT2D eigenvalue weighted by Crippen LogP contribution is 2.33. The number of rotatable bonds is 3. The molecule has 3 rings (SSSR count). The van der Waals surface area contributed by atoms with Gasteiger partial charge in [0.15, 0.2) is 11.6 Å². The van der Waals surface area contributed by atoms with Crippen molar-refractivity contribution in [2.45, 2.75) is 12.3 Å². The van der Waals surface area contributed by atoms with Gasteiger partial charge in [0.25, 0.3) is 0 Å². The topological polar surface area (TPSA) is 18.5 Å². The van der Waals surface area contributed by atoms with Crippen LogP contribution in [0.15, 0.2) is 48.5 Å².